The maximum atomic E-state index is 13.6. The number of amides is 2. The lowest BCUT2D eigenvalue weighted by Gasteiger charge is -2.32. The number of hydrogen-bond acceptors (Lipinski definition) is 7. The molecule has 2 heterocycles. The predicted molar refractivity (Wildman–Crippen MR) is 130 cm³/mol. The van der Waals surface area contributed by atoms with Gasteiger partial charge < -0.3 is 24.8 Å². The van der Waals surface area contributed by atoms with Crippen molar-refractivity contribution >= 4 is 33.2 Å². The highest BCUT2D eigenvalue weighted by atomic mass is 32.2. The number of benzene rings is 2. The Labute approximate surface area is 204 Å². The van der Waals surface area contributed by atoms with Crippen LogP contribution < -0.4 is 24.8 Å². The van der Waals surface area contributed by atoms with Gasteiger partial charge in [0.25, 0.3) is 5.91 Å². The predicted octanol–water partition coefficient (Wildman–Crippen LogP) is 2.77. The van der Waals surface area contributed by atoms with Crippen LogP contribution in [0.5, 0.6) is 17.2 Å². The molecule has 1 fully saturated rings. The minimum atomic E-state index is -3.90. The summed E-state index contributed by atoms with van der Waals surface area (Å²) in [5.74, 6) is 0.247. The van der Waals surface area contributed by atoms with E-state index in [0.29, 0.717) is 53.6 Å². The van der Waals surface area contributed by atoms with E-state index in [9.17, 15) is 18.0 Å². The molecule has 2 atom stereocenters. The Morgan fingerprint density at radius 3 is 2.69 bits per heavy atom. The van der Waals surface area contributed by atoms with Gasteiger partial charge in [0.1, 0.15) is 17.2 Å². The van der Waals surface area contributed by atoms with E-state index >= 15 is 0 Å². The van der Waals surface area contributed by atoms with Gasteiger partial charge in [-0.1, -0.05) is 0 Å². The Bertz CT molecular complexity index is 1260. The summed E-state index contributed by atoms with van der Waals surface area (Å²) >= 11 is 0. The lowest BCUT2D eigenvalue weighted by atomic mass is 9.98. The molecule has 35 heavy (non-hydrogen) atoms. The molecule has 0 spiro atoms. The Kier molecular flexibility index (Phi) is 6.91. The second kappa shape index (κ2) is 9.74. The van der Waals surface area contributed by atoms with Gasteiger partial charge in [-0.2, -0.15) is 4.31 Å². The van der Waals surface area contributed by atoms with Gasteiger partial charge in [0.15, 0.2) is 6.10 Å². The van der Waals surface area contributed by atoms with Crippen LogP contribution in [0.2, 0.25) is 0 Å². The molecule has 2 aliphatic heterocycles. The lowest BCUT2D eigenvalue weighted by Crippen LogP contribution is -2.44. The summed E-state index contributed by atoms with van der Waals surface area (Å²) in [4.78, 5) is 25.0. The average Bonchev–Trinajstić information content (AvgIpc) is 2.85. The van der Waals surface area contributed by atoms with Gasteiger partial charge in [0, 0.05) is 25.2 Å². The normalized spacial score (nSPS) is 20.3. The molecule has 0 unspecified atom stereocenters. The minimum Gasteiger partial charge on any atom is -0.497 e. The number of piperidine rings is 1. The van der Waals surface area contributed by atoms with Crippen molar-refractivity contribution in [3.63, 3.8) is 0 Å². The van der Waals surface area contributed by atoms with E-state index in [-0.39, 0.29) is 23.3 Å². The first-order valence-corrected chi connectivity index (χ1v) is 12.7. The highest BCUT2D eigenvalue weighted by molar-refractivity contribution is 7.89. The van der Waals surface area contributed by atoms with Crippen LogP contribution in [-0.2, 0) is 19.6 Å². The quantitative estimate of drug-likeness (QED) is 0.621. The first kappa shape index (κ1) is 24.8. The Morgan fingerprint density at radius 1 is 1.20 bits per heavy atom. The Balaban J connectivity index is 1.53. The average molecular weight is 504 g/mol. The molecule has 2 N–H and O–H groups in total. The van der Waals surface area contributed by atoms with E-state index in [0.717, 1.165) is 0 Å². The number of nitrogens with one attached hydrogen (secondary N) is 2. The van der Waals surface area contributed by atoms with Crippen molar-refractivity contribution in [3.05, 3.63) is 35.9 Å². The van der Waals surface area contributed by atoms with Crippen molar-refractivity contribution in [1.29, 1.82) is 0 Å². The van der Waals surface area contributed by atoms with Gasteiger partial charge in [-0.25, -0.2) is 8.42 Å². The third kappa shape index (κ3) is 4.92. The van der Waals surface area contributed by atoms with E-state index in [1.54, 1.807) is 38.1 Å². The number of sulfonamides is 1. The number of methoxy groups -OCH3 is 2. The molecular weight excluding hydrogens is 474 g/mol. The van der Waals surface area contributed by atoms with Crippen LogP contribution in [0.1, 0.15) is 25.3 Å². The molecule has 2 aromatic rings. The molecule has 0 aromatic heterocycles. The topological polar surface area (TPSA) is 123 Å². The fourth-order valence-electron chi connectivity index (χ4n) is 4.27. The van der Waals surface area contributed by atoms with Crippen molar-refractivity contribution in [2.24, 2.45) is 5.92 Å². The van der Waals surface area contributed by atoms with Crippen LogP contribution in [0.4, 0.5) is 11.4 Å². The van der Waals surface area contributed by atoms with Crippen LogP contribution in [0.3, 0.4) is 0 Å². The van der Waals surface area contributed by atoms with Crippen molar-refractivity contribution in [1.82, 2.24) is 4.31 Å². The molecule has 0 bridgehead atoms. The summed E-state index contributed by atoms with van der Waals surface area (Å²) in [7, 11) is -0.864. The third-order valence-electron chi connectivity index (χ3n) is 6.25. The Hall–Kier alpha value is -3.31. The van der Waals surface area contributed by atoms with E-state index in [2.05, 4.69) is 10.6 Å². The molecule has 0 radical (unpaired) electrons. The maximum absolute atomic E-state index is 13.6. The number of carbonyl (C=O) groups excluding carboxylic acids is 2. The highest BCUT2D eigenvalue weighted by Crippen LogP contribution is 2.36. The number of anilines is 2. The van der Waals surface area contributed by atoms with Crippen molar-refractivity contribution in [2.45, 2.75) is 37.7 Å². The summed E-state index contributed by atoms with van der Waals surface area (Å²) in [6, 6.07) is 8.10. The van der Waals surface area contributed by atoms with Crippen molar-refractivity contribution < 1.29 is 32.2 Å². The van der Waals surface area contributed by atoms with Gasteiger partial charge in [0.2, 0.25) is 15.9 Å². The van der Waals surface area contributed by atoms with Gasteiger partial charge in [-0.3, -0.25) is 9.59 Å². The number of fused-ring (bicyclic) bond motifs is 1. The lowest BCUT2D eigenvalue weighted by molar-refractivity contribution is -0.123. The molecule has 10 nitrogen and oxygen atoms in total. The molecule has 2 aromatic carbocycles. The van der Waals surface area contributed by atoms with Crippen LogP contribution in [0.15, 0.2) is 35.2 Å². The number of hydrogen-bond donors (Lipinski definition) is 2. The van der Waals surface area contributed by atoms with E-state index in [1.807, 2.05) is 0 Å². The zero-order valence-corrected chi connectivity index (χ0v) is 20.9. The molecule has 188 valence electrons. The SMILES string of the molecule is COc1ccc(NC(=O)[C@H]2CCCN(S(=O)(=O)c3cc4c(cc3C)NC(=O)[C@H](C)O4)C2)c(OC)c1. The molecule has 2 amide bonds. The largest absolute Gasteiger partial charge is 0.497 e. The summed E-state index contributed by atoms with van der Waals surface area (Å²) in [6.07, 6.45) is 0.385. The molecule has 1 saturated heterocycles. The standard InChI is InChI=1S/C24H29N3O7S/c1-14-10-19-21(34-15(2)23(28)26-19)12-22(14)35(30,31)27-9-5-6-16(13-27)24(29)25-18-8-7-17(32-3)11-20(18)33-4/h7-8,10-12,15-16H,5-6,9,13H2,1-4H3,(H,25,29)(H,26,28)/t15-,16-/m0/s1. The zero-order valence-electron chi connectivity index (χ0n) is 20.1. The zero-order chi connectivity index (χ0) is 25.3. The van der Waals surface area contributed by atoms with Crippen LogP contribution in [0, 0.1) is 12.8 Å². The number of rotatable bonds is 6. The fraction of sp³-hybridized carbons (Fsp3) is 0.417. The van der Waals surface area contributed by atoms with Crippen LogP contribution in [-0.4, -0.2) is 58.0 Å². The summed E-state index contributed by atoms with van der Waals surface area (Å²) < 4.78 is 44.6. The summed E-state index contributed by atoms with van der Waals surface area (Å²) in [6.45, 7) is 3.62. The van der Waals surface area contributed by atoms with Crippen LogP contribution in [0.25, 0.3) is 0 Å². The molecule has 4 rings (SSSR count). The van der Waals surface area contributed by atoms with E-state index < -0.39 is 22.0 Å². The second-order valence-electron chi connectivity index (χ2n) is 8.62. The van der Waals surface area contributed by atoms with Gasteiger partial charge in [0.05, 0.1) is 36.4 Å². The number of nitrogens with zero attached hydrogens (tertiary/aromatic N) is 1. The molecular formula is C24H29N3O7S. The van der Waals surface area contributed by atoms with Crippen molar-refractivity contribution in [2.75, 3.05) is 37.9 Å². The fourth-order valence-corrected chi connectivity index (χ4v) is 6.02. The Morgan fingerprint density at radius 2 is 1.97 bits per heavy atom. The first-order valence-electron chi connectivity index (χ1n) is 11.3. The molecule has 11 heteroatoms. The number of ether oxygens (including phenoxy) is 3. The monoisotopic (exact) mass is 503 g/mol. The van der Waals surface area contributed by atoms with Gasteiger partial charge in [-0.05, 0) is 50.5 Å². The number of carbonyl (C=O) groups is 2. The molecule has 0 aliphatic carbocycles. The van der Waals surface area contributed by atoms with Gasteiger partial charge >= 0.3 is 0 Å². The number of aryl methyl sites for hydroxylation is 1. The van der Waals surface area contributed by atoms with Crippen LogP contribution >= 0.6 is 0 Å². The highest BCUT2D eigenvalue weighted by Gasteiger charge is 2.35. The summed E-state index contributed by atoms with van der Waals surface area (Å²) in [5, 5.41) is 5.58. The van der Waals surface area contributed by atoms with E-state index in [1.165, 1.54) is 24.6 Å². The smallest absolute Gasteiger partial charge is 0.265 e. The third-order valence-corrected chi connectivity index (χ3v) is 8.25. The maximum Gasteiger partial charge on any atom is 0.265 e. The molecule has 2 aliphatic rings. The van der Waals surface area contributed by atoms with Gasteiger partial charge in [-0.15, -0.1) is 0 Å². The minimum absolute atomic E-state index is 0.0527. The first-order chi connectivity index (χ1) is 16.6. The molecule has 0 saturated carbocycles. The van der Waals surface area contributed by atoms with E-state index in [4.69, 9.17) is 14.2 Å². The second-order valence-corrected chi connectivity index (χ2v) is 10.5. The summed E-state index contributed by atoms with van der Waals surface area (Å²) in [5.41, 5.74) is 1.41. The van der Waals surface area contributed by atoms with Crippen molar-refractivity contribution in [3.8, 4) is 17.2 Å².